The number of nitrogens with one attached hydrogen (secondary N) is 1. The number of carbonyl (C=O) groups excluding carboxylic acids is 2. The molecule has 2 rings (SSSR count). The zero-order valence-corrected chi connectivity index (χ0v) is 16.0. The van der Waals surface area contributed by atoms with E-state index in [0.29, 0.717) is 38.9 Å². The highest BCUT2D eigenvalue weighted by Gasteiger charge is 2.26. The zero-order chi connectivity index (χ0) is 18.4. The van der Waals surface area contributed by atoms with E-state index >= 15 is 0 Å². The first-order valence-electron chi connectivity index (χ1n) is 8.71. The van der Waals surface area contributed by atoms with Crippen molar-refractivity contribution < 1.29 is 14.7 Å². The standard InChI is InChI=1S/C17H28N4O3S/c1-12(2)18-16(23)5-4-13-10-14-11-20(7-8-21(14)19-13)17(24)15(22)6-9-25-3/h10,12,15,22H,4-9,11H2,1-3H3,(H,18,23)/t15-/m1/s1. The molecule has 1 aromatic rings. The van der Waals surface area contributed by atoms with Crippen LogP contribution < -0.4 is 5.32 Å². The Balaban J connectivity index is 1.90. The minimum atomic E-state index is -0.930. The van der Waals surface area contributed by atoms with Crippen molar-refractivity contribution in [2.45, 2.75) is 58.3 Å². The Morgan fingerprint density at radius 1 is 1.40 bits per heavy atom. The molecule has 0 radical (unpaired) electrons. The third kappa shape index (κ3) is 5.74. The summed E-state index contributed by atoms with van der Waals surface area (Å²) >= 11 is 1.62. The first kappa shape index (κ1) is 19.8. The molecular weight excluding hydrogens is 340 g/mol. The fourth-order valence-electron chi connectivity index (χ4n) is 2.84. The van der Waals surface area contributed by atoms with Crippen LogP contribution >= 0.6 is 11.8 Å². The molecule has 0 fully saturated rings. The van der Waals surface area contributed by atoms with E-state index in [-0.39, 0.29) is 17.9 Å². The highest BCUT2D eigenvalue weighted by atomic mass is 32.2. The Morgan fingerprint density at radius 3 is 2.84 bits per heavy atom. The normalized spacial score (nSPS) is 15.2. The molecule has 0 spiro atoms. The van der Waals surface area contributed by atoms with Crippen LogP contribution in [-0.2, 0) is 29.1 Å². The van der Waals surface area contributed by atoms with E-state index in [1.165, 1.54) is 0 Å². The molecule has 1 atom stereocenters. The van der Waals surface area contributed by atoms with E-state index < -0.39 is 6.10 Å². The highest BCUT2D eigenvalue weighted by molar-refractivity contribution is 7.98. The van der Waals surface area contributed by atoms with E-state index in [0.717, 1.165) is 17.1 Å². The average Bonchev–Trinajstić information content (AvgIpc) is 2.98. The summed E-state index contributed by atoms with van der Waals surface area (Å²) in [7, 11) is 0. The molecule has 2 amide bonds. The molecule has 2 N–H and O–H groups in total. The molecule has 25 heavy (non-hydrogen) atoms. The predicted octanol–water partition coefficient (Wildman–Crippen LogP) is 0.796. The number of aliphatic hydroxyl groups excluding tert-OH is 1. The molecule has 8 heteroatoms. The minimum absolute atomic E-state index is 0.0229. The largest absolute Gasteiger partial charge is 0.383 e. The number of hydrogen-bond acceptors (Lipinski definition) is 5. The lowest BCUT2D eigenvalue weighted by Gasteiger charge is -2.29. The number of thioether (sulfide) groups is 1. The van der Waals surface area contributed by atoms with Gasteiger partial charge in [-0.3, -0.25) is 14.3 Å². The van der Waals surface area contributed by atoms with Crippen LogP contribution in [0.4, 0.5) is 0 Å². The van der Waals surface area contributed by atoms with Crippen LogP contribution in [0.1, 0.15) is 38.1 Å². The number of aryl methyl sites for hydroxylation is 1. The summed E-state index contributed by atoms with van der Waals surface area (Å²) in [5, 5.41) is 17.4. The number of amides is 2. The van der Waals surface area contributed by atoms with Gasteiger partial charge in [-0.1, -0.05) is 0 Å². The van der Waals surface area contributed by atoms with Gasteiger partial charge in [0.2, 0.25) is 5.91 Å². The van der Waals surface area contributed by atoms with Gasteiger partial charge in [0, 0.05) is 25.4 Å². The van der Waals surface area contributed by atoms with Crippen molar-refractivity contribution in [3.05, 3.63) is 17.5 Å². The molecule has 7 nitrogen and oxygen atoms in total. The van der Waals surface area contributed by atoms with Gasteiger partial charge >= 0.3 is 0 Å². The smallest absolute Gasteiger partial charge is 0.251 e. The second-order valence-corrected chi connectivity index (χ2v) is 7.62. The summed E-state index contributed by atoms with van der Waals surface area (Å²) in [6.45, 7) is 5.50. The van der Waals surface area contributed by atoms with Crippen LogP contribution in [0, 0.1) is 0 Å². The van der Waals surface area contributed by atoms with Crippen LogP contribution in [-0.4, -0.2) is 62.3 Å². The number of carbonyl (C=O) groups is 2. The molecule has 2 heterocycles. The van der Waals surface area contributed by atoms with Crippen LogP contribution in [0.2, 0.25) is 0 Å². The van der Waals surface area contributed by atoms with Gasteiger partial charge in [0.1, 0.15) is 6.10 Å². The summed E-state index contributed by atoms with van der Waals surface area (Å²) in [6.07, 6.45) is 2.50. The molecule has 0 saturated carbocycles. The molecule has 1 aromatic heterocycles. The maximum Gasteiger partial charge on any atom is 0.251 e. The van der Waals surface area contributed by atoms with Gasteiger partial charge in [-0.25, -0.2) is 0 Å². The van der Waals surface area contributed by atoms with Gasteiger partial charge < -0.3 is 15.3 Å². The van der Waals surface area contributed by atoms with Gasteiger partial charge in [-0.15, -0.1) is 0 Å². The number of fused-ring (bicyclic) bond motifs is 1. The lowest BCUT2D eigenvalue weighted by Crippen LogP contribution is -2.43. The molecule has 140 valence electrons. The van der Waals surface area contributed by atoms with Crippen molar-refractivity contribution in [3.8, 4) is 0 Å². The van der Waals surface area contributed by atoms with Gasteiger partial charge in [-0.05, 0) is 38.3 Å². The number of aromatic nitrogens is 2. The zero-order valence-electron chi connectivity index (χ0n) is 15.2. The number of hydrogen-bond donors (Lipinski definition) is 2. The Morgan fingerprint density at radius 2 is 2.16 bits per heavy atom. The first-order chi connectivity index (χ1) is 11.9. The summed E-state index contributed by atoms with van der Waals surface area (Å²) in [5.74, 6) is 0.579. The monoisotopic (exact) mass is 368 g/mol. The van der Waals surface area contributed by atoms with Crippen molar-refractivity contribution in [1.29, 1.82) is 0 Å². The van der Waals surface area contributed by atoms with Crippen molar-refractivity contribution >= 4 is 23.6 Å². The molecule has 0 saturated heterocycles. The Kier molecular flexibility index (Phi) is 7.31. The van der Waals surface area contributed by atoms with Crippen LogP contribution in [0.3, 0.4) is 0 Å². The minimum Gasteiger partial charge on any atom is -0.383 e. The quantitative estimate of drug-likeness (QED) is 0.709. The topological polar surface area (TPSA) is 87.5 Å². The summed E-state index contributed by atoms with van der Waals surface area (Å²) < 4.78 is 1.90. The summed E-state index contributed by atoms with van der Waals surface area (Å²) in [5.41, 5.74) is 1.82. The van der Waals surface area contributed by atoms with E-state index in [1.807, 2.05) is 30.9 Å². The molecule has 0 unspecified atom stereocenters. The van der Waals surface area contributed by atoms with Crippen molar-refractivity contribution in [2.75, 3.05) is 18.6 Å². The third-order valence-electron chi connectivity index (χ3n) is 4.10. The van der Waals surface area contributed by atoms with Gasteiger partial charge in [-0.2, -0.15) is 16.9 Å². The Hall–Kier alpha value is -1.54. The summed E-state index contributed by atoms with van der Waals surface area (Å²) in [6, 6.07) is 2.09. The third-order valence-corrected chi connectivity index (χ3v) is 4.74. The first-order valence-corrected chi connectivity index (χ1v) is 10.1. The SMILES string of the molecule is CSCC[C@@H](O)C(=O)N1CCn2nc(CCC(=O)NC(C)C)cc2C1. The fourth-order valence-corrected chi connectivity index (χ4v) is 3.29. The van der Waals surface area contributed by atoms with Crippen molar-refractivity contribution in [1.82, 2.24) is 20.0 Å². The second kappa shape index (κ2) is 9.24. The van der Waals surface area contributed by atoms with Gasteiger partial charge in [0.05, 0.1) is 24.5 Å². The molecular formula is C17H28N4O3S. The van der Waals surface area contributed by atoms with E-state index in [2.05, 4.69) is 10.4 Å². The van der Waals surface area contributed by atoms with Crippen LogP contribution in [0.5, 0.6) is 0 Å². The lowest BCUT2D eigenvalue weighted by molar-refractivity contribution is -0.141. The Labute approximate surface area is 153 Å². The Bertz CT molecular complexity index is 603. The average molecular weight is 369 g/mol. The molecule has 1 aliphatic heterocycles. The fraction of sp³-hybridized carbons (Fsp3) is 0.706. The molecule has 0 bridgehead atoms. The molecule has 1 aliphatic rings. The number of aliphatic hydroxyl groups is 1. The maximum absolute atomic E-state index is 12.3. The number of rotatable bonds is 8. The maximum atomic E-state index is 12.3. The second-order valence-electron chi connectivity index (χ2n) is 6.63. The highest BCUT2D eigenvalue weighted by Crippen LogP contribution is 2.16. The lowest BCUT2D eigenvalue weighted by atomic mass is 10.2. The molecule has 0 aliphatic carbocycles. The number of nitrogens with zero attached hydrogens (tertiary/aromatic N) is 3. The van der Waals surface area contributed by atoms with Gasteiger partial charge in [0.25, 0.3) is 5.91 Å². The van der Waals surface area contributed by atoms with Gasteiger partial charge in [0.15, 0.2) is 0 Å². The van der Waals surface area contributed by atoms with E-state index in [9.17, 15) is 14.7 Å². The van der Waals surface area contributed by atoms with Crippen molar-refractivity contribution in [3.63, 3.8) is 0 Å². The van der Waals surface area contributed by atoms with E-state index in [4.69, 9.17) is 0 Å². The van der Waals surface area contributed by atoms with Crippen molar-refractivity contribution in [2.24, 2.45) is 0 Å². The van der Waals surface area contributed by atoms with Crippen LogP contribution in [0.15, 0.2) is 6.07 Å². The summed E-state index contributed by atoms with van der Waals surface area (Å²) in [4.78, 5) is 25.8. The molecule has 0 aromatic carbocycles. The van der Waals surface area contributed by atoms with Crippen LogP contribution in [0.25, 0.3) is 0 Å². The van der Waals surface area contributed by atoms with E-state index in [1.54, 1.807) is 16.7 Å². The predicted molar refractivity (Wildman–Crippen MR) is 98.2 cm³/mol.